The van der Waals surface area contributed by atoms with Gasteiger partial charge in [0.05, 0.1) is 7.11 Å². The minimum absolute atomic E-state index is 0.0812. The molecule has 0 saturated carbocycles. The molecule has 0 aliphatic heterocycles. The van der Waals surface area contributed by atoms with Crippen LogP contribution in [0.15, 0.2) is 0 Å². The number of hydrogen-bond donors (Lipinski definition) is 0. The van der Waals surface area contributed by atoms with E-state index >= 15 is 0 Å². The fraction of sp³-hybridized carbons (Fsp3) is 0.947. The van der Waals surface area contributed by atoms with Gasteiger partial charge in [-0.1, -0.05) is 103 Å². The molecule has 2 nitrogen and oxygen atoms in total. The molecule has 0 aliphatic carbocycles. The molecule has 0 bridgehead atoms. The van der Waals surface area contributed by atoms with Crippen LogP contribution in [0.4, 0.5) is 0 Å². The monoisotopic (exact) mass is 454 g/mol. The smallest absolute Gasteiger partial charge is 0.305 e. The van der Waals surface area contributed by atoms with Crippen LogP contribution < -0.4 is 0 Å². The van der Waals surface area contributed by atoms with Gasteiger partial charge in [0.25, 0.3) is 0 Å². The molecule has 0 radical (unpaired) electrons. The number of carbonyl (C=O) groups is 1. The van der Waals surface area contributed by atoms with Crippen LogP contribution in [0, 0.1) is 0 Å². The highest BCUT2D eigenvalue weighted by atomic mass is 79.9. The summed E-state index contributed by atoms with van der Waals surface area (Å²) in [7, 11) is 1.46. The average molecular weight is 456 g/mol. The van der Waals surface area contributed by atoms with E-state index in [2.05, 4.69) is 43.5 Å². The number of esters is 1. The summed E-state index contributed by atoms with van der Waals surface area (Å²) < 4.78 is 4.64. The predicted octanol–water partition coefficient (Wildman–Crippen LogP) is 7.17. The van der Waals surface area contributed by atoms with Crippen LogP contribution in [0.25, 0.3) is 0 Å². The van der Waals surface area contributed by atoms with Crippen molar-refractivity contribution in [1.29, 1.82) is 0 Å². The number of rotatable bonds is 16. The quantitative estimate of drug-likeness (QED) is 0.140. The standard InChI is InChI=1S/C19H36Br2O2/c1-3-4-5-6-8-11-14-17(20)18(21)15-12-9-7-10-13-16-19(22)23-2/h17-18H,3-16H2,1-2H3/t17-,18+/m0/s1. The Morgan fingerprint density at radius 2 is 1.22 bits per heavy atom. The van der Waals surface area contributed by atoms with Gasteiger partial charge in [-0.15, -0.1) is 0 Å². The molecular formula is C19H36Br2O2. The molecule has 0 spiro atoms. The summed E-state index contributed by atoms with van der Waals surface area (Å²) in [6.45, 7) is 2.27. The van der Waals surface area contributed by atoms with E-state index in [0.717, 1.165) is 12.8 Å². The van der Waals surface area contributed by atoms with E-state index in [4.69, 9.17) is 0 Å². The fourth-order valence-electron chi connectivity index (χ4n) is 2.72. The minimum Gasteiger partial charge on any atom is -0.469 e. The Labute approximate surface area is 160 Å². The highest BCUT2D eigenvalue weighted by molar-refractivity contribution is 9.12. The van der Waals surface area contributed by atoms with Gasteiger partial charge >= 0.3 is 5.97 Å². The number of hydrogen-bond acceptors (Lipinski definition) is 2. The van der Waals surface area contributed by atoms with Gasteiger partial charge in [0.2, 0.25) is 0 Å². The maximum atomic E-state index is 11.0. The lowest BCUT2D eigenvalue weighted by Gasteiger charge is -2.16. The molecule has 0 saturated heterocycles. The molecule has 0 aliphatic rings. The van der Waals surface area contributed by atoms with Crippen molar-refractivity contribution in [1.82, 2.24) is 0 Å². The lowest BCUT2D eigenvalue weighted by atomic mass is 10.0. The Bertz CT molecular complexity index is 272. The van der Waals surface area contributed by atoms with Crippen molar-refractivity contribution in [3.05, 3.63) is 0 Å². The van der Waals surface area contributed by atoms with Crippen LogP contribution in [-0.2, 0) is 9.53 Å². The van der Waals surface area contributed by atoms with E-state index in [-0.39, 0.29) is 5.97 Å². The lowest BCUT2D eigenvalue weighted by Crippen LogP contribution is -2.13. The maximum absolute atomic E-state index is 11.0. The Kier molecular flexibility index (Phi) is 17.6. The molecule has 0 heterocycles. The Morgan fingerprint density at radius 1 is 0.783 bits per heavy atom. The summed E-state index contributed by atoms with van der Waals surface area (Å²) in [5, 5.41) is 0. The first-order chi connectivity index (χ1) is 11.1. The zero-order valence-electron chi connectivity index (χ0n) is 15.1. The summed E-state index contributed by atoms with van der Waals surface area (Å²) >= 11 is 7.69. The van der Waals surface area contributed by atoms with Gasteiger partial charge in [-0.2, -0.15) is 0 Å². The molecule has 138 valence electrons. The summed E-state index contributed by atoms with van der Waals surface area (Å²) in [6.07, 6.45) is 17.2. The van der Waals surface area contributed by atoms with Crippen LogP contribution in [0.3, 0.4) is 0 Å². The molecule has 23 heavy (non-hydrogen) atoms. The molecule has 0 amide bonds. The van der Waals surface area contributed by atoms with Gasteiger partial charge in [-0.05, 0) is 19.3 Å². The van der Waals surface area contributed by atoms with Crippen LogP contribution in [0.1, 0.15) is 96.8 Å². The van der Waals surface area contributed by atoms with Crippen molar-refractivity contribution < 1.29 is 9.53 Å². The second-order valence-corrected chi connectivity index (χ2v) is 8.82. The first kappa shape index (κ1) is 23.4. The number of ether oxygens (including phenoxy) is 1. The Hall–Kier alpha value is 0.430. The van der Waals surface area contributed by atoms with Crippen molar-refractivity contribution in [2.45, 2.75) is 106 Å². The topological polar surface area (TPSA) is 26.3 Å². The molecule has 0 aromatic carbocycles. The van der Waals surface area contributed by atoms with Crippen LogP contribution >= 0.6 is 31.9 Å². The minimum atomic E-state index is -0.0812. The van der Waals surface area contributed by atoms with Crippen LogP contribution in [0.5, 0.6) is 0 Å². The van der Waals surface area contributed by atoms with E-state index in [1.807, 2.05) is 0 Å². The second-order valence-electron chi connectivity index (χ2n) is 6.47. The summed E-state index contributed by atoms with van der Waals surface area (Å²) in [5.74, 6) is -0.0812. The molecule has 4 heteroatoms. The van der Waals surface area contributed by atoms with Crippen molar-refractivity contribution >= 4 is 37.8 Å². The number of halogens is 2. The Morgan fingerprint density at radius 3 is 1.70 bits per heavy atom. The van der Waals surface area contributed by atoms with Gasteiger partial charge in [0.15, 0.2) is 0 Å². The van der Waals surface area contributed by atoms with E-state index in [0.29, 0.717) is 16.1 Å². The van der Waals surface area contributed by atoms with E-state index in [1.54, 1.807) is 0 Å². The number of methoxy groups -OCH3 is 1. The van der Waals surface area contributed by atoms with Gasteiger partial charge in [0, 0.05) is 16.1 Å². The van der Waals surface area contributed by atoms with E-state index in [9.17, 15) is 4.79 Å². The maximum Gasteiger partial charge on any atom is 0.305 e. The summed E-state index contributed by atoms with van der Waals surface area (Å²) in [6, 6.07) is 0. The van der Waals surface area contributed by atoms with Crippen molar-refractivity contribution in [3.63, 3.8) is 0 Å². The highest BCUT2D eigenvalue weighted by Gasteiger charge is 2.14. The zero-order chi connectivity index (χ0) is 17.3. The zero-order valence-corrected chi connectivity index (χ0v) is 18.3. The molecule has 0 rings (SSSR count). The van der Waals surface area contributed by atoms with Gasteiger partial charge in [-0.3, -0.25) is 4.79 Å². The van der Waals surface area contributed by atoms with Gasteiger partial charge in [0.1, 0.15) is 0 Å². The molecule has 0 aromatic heterocycles. The molecule has 0 fully saturated rings. The third kappa shape index (κ3) is 15.7. The van der Waals surface area contributed by atoms with Crippen molar-refractivity contribution in [3.8, 4) is 0 Å². The van der Waals surface area contributed by atoms with Crippen LogP contribution in [0.2, 0.25) is 0 Å². The first-order valence-corrected chi connectivity index (χ1v) is 11.3. The van der Waals surface area contributed by atoms with E-state index < -0.39 is 0 Å². The largest absolute Gasteiger partial charge is 0.469 e. The molecule has 0 aromatic rings. The van der Waals surface area contributed by atoms with Crippen molar-refractivity contribution in [2.75, 3.05) is 7.11 Å². The third-order valence-electron chi connectivity index (χ3n) is 4.31. The van der Waals surface area contributed by atoms with Gasteiger partial charge < -0.3 is 4.74 Å². The lowest BCUT2D eigenvalue weighted by molar-refractivity contribution is -0.140. The van der Waals surface area contributed by atoms with Gasteiger partial charge in [-0.25, -0.2) is 0 Å². The summed E-state index contributed by atoms with van der Waals surface area (Å²) in [4.78, 5) is 12.2. The Balaban J connectivity index is 3.40. The second kappa shape index (κ2) is 17.3. The highest BCUT2D eigenvalue weighted by Crippen LogP contribution is 2.25. The molecule has 2 atom stereocenters. The summed E-state index contributed by atoms with van der Waals surface area (Å²) in [5.41, 5.74) is 0. The normalized spacial score (nSPS) is 13.7. The first-order valence-electron chi connectivity index (χ1n) is 9.46. The fourth-order valence-corrected chi connectivity index (χ4v) is 3.90. The average Bonchev–Trinajstić information content (AvgIpc) is 2.56. The van der Waals surface area contributed by atoms with Crippen LogP contribution in [-0.4, -0.2) is 22.7 Å². The molecule has 0 unspecified atom stereocenters. The third-order valence-corrected chi connectivity index (χ3v) is 7.22. The number of carbonyl (C=O) groups excluding carboxylic acids is 1. The number of alkyl halides is 2. The number of unbranched alkanes of at least 4 members (excludes halogenated alkanes) is 9. The SMILES string of the molecule is CCCCCCCC[C@H](Br)[C@H](Br)CCCCCCCC(=O)OC. The van der Waals surface area contributed by atoms with Crippen molar-refractivity contribution in [2.24, 2.45) is 0 Å². The molecular weight excluding hydrogens is 420 g/mol. The van der Waals surface area contributed by atoms with E-state index in [1.165, 1.54) is 77.7 Å². The molecule has 0 N–H and O–H groups in total. The predicted molar refractivity (Wildman–Crippen MR) is 108 cm³/mol.